The fourth-order valence-electron chi connectivity index (χ4n) is 1.46. The number of aromatic nitrogens is 2. The van der Waals surface area contributed by atoms with E-state index >= 15 is 0 Å². The molecule has 0 spiro atoms. The van der Waals surface area contributed by atoms with Crippen LogP contribution in [0, 0.1) is 6.92 Å². The summed E-state index contributed by atoms with van der Waals surface area (Å²) in [6.07, 6.45) is 2.30. The second-order valence-electron chi connectivity index (χ2n) is 5.25. The first kappa shape index (κ1) is 13.7. The minimum atomic E-state index is -0.155. The largest absolute Gasteiger partial charge is 0.351 e. The molecule has 0 atom stereocenters. The second-order valence-corrected chi connectivity index (χ2v) is 5.25. The molecule has 0 fully saturated rings. The van der Waals surface area contributed by atoms with Gasteiger partial charge in [0.05, 0.1) is 6.20 Å². The van der Waals surface area contributed by atoms with Crippen LogP contribution in [0.2, 0.25) is 0 Å². The van der Waals surface area contributed by atoms with Crippen molar-refractivity contribution in [2.24, 2.45) is 0 Å². The predicted octanol–water partition coefficient (Wildman–Crippen LogP) is 1.11. The maximum atomic E-state index is 11.5. The molecule has 0 aliphatic rings. The summed E-state index contributed by atoms with van der Waals surface area (Å²) in [5.41, 5.74) is 2.05. The van der Waals surface area contributed by atoms with Crippen molar-refractivity contribution in [1.82, 2.24) is 20.8 Å². The molecular formula is C12H22N4O. The zero-order chi connectivity index (χ0) is 12.9. The molecule has 17 heavy (non-hydrogen) atoms. The van der Waals surface area contributed by atoms with E-state index in [0.29, 0.717) is 13.0 Å². The lowest BCUT2D eigenvalue weighted by atomic mass is 10.1. The van der Waals surface area contributed by atoms with Crippen molar-refractivity contribution in [1.29, 1.82) is 0 Å². The summed E-state index contributed by atoms with van der Waals surface area (Å²) in [6.45, 7) is 9.33. The molecule has 0 saturated heterocycles. The second kappa shape index (κ2) is 5.82. The van der Waals surface area contributed by atoms with E-state index in [1.165, 1.54) is 0 Å². The highest BCUT2D eigenvalue weighted by Crippen LogP contribution is 2.01. The van der Waals surface area contributed by atoms with Gasteiger partial charge in [-0.25, -0.2) is 0 Å². The average molecular weight is 238 g/mol. The molecule has 0 aliphatic carbocycles. The molecule has 1 amide bonds. The summed E-state index contributed by atoms with van der Waals surface area (Å²) in [6, 6.07) is 0. The minimum Gasteiger partial charge on any atom is -0.351 e. The Kier molecular flexibility index (Phi) is 4.69. The summed E-state index contributed by atoms with van der Waals surface area (Å²) < 4.78 is 0. The normalized spacial score (nSPS) is 11.5. The molecule has 1 heterocycles. The molecule has 96 valence electrons. The van der Waals surface area contributed by atoms with E-state index in [0.717, 1.165) is 17.8 Å². The number of carbonyl (C=O) groups excluding carboxylic acids is 1. The van der Waals surface area contributed by atoms with Gasteiger partial charge in [0.2, 0.25) is 5.91 Å². The number of hydrogen-bond donors (Lipinski definition) is 3. The van der Waals surface area contributed by atoms with Gasteiger partial charge in [0.15, 0.2) is 0 Å². The first-order valence-electron chi connectivity index (χ1n) is 5.89. The van der Waals surface area contributed by atoms with Gasteiger partial charge in [-0.05, 0) is 27.7 Å². The van der Waals surface area contributed by atoms with Crippen LogP contribution in [0.5, 0.6) is 0 Å². The zero-order valence-electron chi connectivity index (χ0n) is 11.1. The molecule has 0 unspecified atom stereocenters. The summed E-state index contributed by atoms with van der Waals surface area (Å²) in [5, 5.41) is 13.0. The van der Waals surface area contributed by atoms with Crippen LogP contribution in [0.15, 0.2) is 6.20 Å². The van der Waals surface area contributed by atoms with Crippen molar-refractivity contribution >= 4 is 5.91 Å². The number of nitrogens with one attached hydrogen (secondary N) is 3. The maximum Gasteiger partial charge on any atom is 0.221 e. The molecule has 0 bridgehead atoms. The third-order valence-electron chi connectivity index (χ3n) is 2.29. The summed E-state index contributed by atoms with van der Waals surface area (Å²) in [5.74, 6) is 0.0777. The van der Waals surface area contributed by atoms with Crippen LogP contribution in [0.25, 0.3) is 0 Å². The molecular weight excluding hydrogens is 216 g/mol. The van der Waals surface area contributed by atoms with Gasteiger partial charge in [0.25, 0.3) is 0 Å². The number of rotatable bonds is 5. The number of H-pyrrole nitrogens is 1. The third kappa shape index (κ3) is 5.49. The highest BCUT2D eigenvalue weighted by atomic mass is 16.1. The Labute approximate surface area is 102 Å². The Hall–Kier alpha value is -1.36. The van der Waals surface area contributed by atoms with Gasteiger partial charge in [-0.3, -0.25) is 9.89 Å². The SMILES string of the molecule is Cc1[nH]ncc1CNCCC(=O)NC(C)(C)C. The van der Waals surface area contributed by atoms with Gasteiger partial charge >= 0.3 is 0 Å². The fourth-order valence-corrected chi connectivity index (χ4v) is 1.46. The minimum absolute atomic E-state index is 0.0777. The highest BCUT2D eigenvalue weighted by Gasteiger charge is 2.12. The van der Waals surface area contributed by atoms with Gasteiger partial charge in [-0.15, -0.1) is 0 Å². The molecule has 0 aromatic carbocycles. The molecule has 1 rings (SSSR count). The van der Waals surface area contributed by atoms with Gasteiger partial charge in [0.1, 0.15) is 0 Å². The molecule has 3 N–H and O–H groups in total. The van der Waals surface area contributed by atoms with Crippen molar-refractivity contribution in [3.63, 3.8) is 0 Å². The fraction of sp³-hybridized carbons (Fsp3) is 0.667. The lowest BCUT2D eigenvalue weighted by molar-refractivity contribution is -0.122. The topological polar surface area (TPSA) is 69.8 Å². The van der Waals surface area contributed by atoms with Crippen LogP contribution in [0.1, 0.15) is 38.4 Å². The highest BCUT2D eigenvalue weighted by molar-refractivity contribution is 5.76. The van der Waals surface area contributed by atoms with E-state index < -0.39 is 0 Å². The predicted molar refractivity (Wildman–Crippen MR) is 67.5 cm³/mol. The van der Waals surface area contributed by atoms with Crippen LogP contribution < -0.4 is 10.6 Å². The molecule has 5 nitrogen and oxygen atoms in total. The van der Waals surface area contributed by atoms with E-state index in [2.05, 4.69) is 20.8 Å². The number of aromatic amines is 1. The Bertz CT molecular complexity index is 365. The van der Waals surface area contributed by atoms with Crippen molar-refractivity contribution in [2.75, 3.05) is 6.54 Å². The number of amides is 1. The van der Waals surface area contributed by atoms with Crippen molar-refractivity contribution in [3.05, 3.63) is 17.5 Å². The number of carbonyl (C=O) groups is 1. The standard InChI is InChI=1S/C12H22N4O/c1-9-10(8-14-16-9)7-13-6-5-11(17)15-12(2,3)4/h8,13H,5-7H2,1-4H3,(H,14,16)(H,15,17). The van der Waals surface area contributed by atoms with E-state index in [1.54, 1.807) is 6.20 Å². The summed E-state index contributed by atoms with van der Waals surface area (Å²) >= 11 is 0. The molecule has 1 aromatic heterocycles. The Morgan fingerprint density at radius 2 is 2.18 bits per heavy atom. The molecule has 0 radical (unpaired) electrons. The van der Waals surface area contributed by atoms with Crippen molar-refractivity contribution < 1.29 is 4.79 Å². The van der Waals surface area contributed by atoms with E-state index in [1.807, 2.05) is 27.7 Å². The first-order valence-corrected chi connectivity index (χ1v) is 5.89. The quantitative estimate of drug-likeness (QED) is 0.673. The molecule has 0 aliphatic heterocycles. The van der Waals surface area contributed by atoms with Gasteiger partial charge < -0.3 is 10.6 Å². The molecule has 0 saturated carbocycles. The molecule has 5 heteroatoms. The van der Waals surface area contributed by atoms with Crippen LogP contribution in [-0.2, 0) is 11.3 Å². The van der Waals surface area contributed by atoms with Crippen LogP contribution in [0.4, 0.5) is 0 Å². The third-order valence-corrected chi connectivity index (χ3v) is 2.29. The Morgan fingerprint density at radius 3 is 2.71 bits per heavy atom. The van der Waals surface area contributed by atoms with E-state index in [-0.39, 0.29) is 11.4 Å². The zero-order valence-corrected chi connectivity index (χ0v) is 11.1. The first-order chi connectivity index (χ1) is 7.88. The van der Waals surface area contributed by atoms with Gasteiger partial charge in [-0.2, -0.15) is 5.10 Å². The molecule has 1 aromatic rings. The van der Waals surface area contributed by atoms with Crippen LogP contribution in [-0.4, -0.2) is 28.2 Å². The lowest BCUT2D eigenvalue weighted by Crippen LogP contribution is -2.41. The van der Waals surface area contributed by atoms with Crippen molar-refractivity contribution in [2.45, 2.75) is 46.2 Å². The average Bonchev–Trinajstić information content (AvgIpc) is 2.56. The van der Waals surface area contributed by atoms with E-state index in [9.17, 15) is 4.79 Å². The van der Waals surface area contributed by atoms with Gasteiger partial charge in [0, 0.05) is 36.3 Å². The number of aryl methyl sites for hydroxylation is 1. The summed E-state index contributed by atoms with van der Waals surface area (Å²) in [7, 11) is 0. The number of hydrogen-bond acceptors (Lipinski definition) is 3. The Balaban J connectivity index is 2.17. The Morgan fingerprint density at radius 1 is 1.47 bits per heavy atom. The smallest absolute Gasteiger partial charge is 0.221 e. The summed E-state index contributed by atoms with van der Waals surface area (Å²) in [4.78, 5) is 11.5. The lowest BCUT2D eigenvalue weighted by Gasteiger charge is -2.20. The number of nitrogens with zero attached hydrogens (tertiary/aromatic N) is 1. The van der Waals surface area contributed by atoms with Crippen LogP contribution >= 0.6 is 0 Å². The van der Waals surface area contributed by atoms with Crippen molar-refractivity contribution in [3.8, 4) is 0 Å². The maximum absolute atomic E-state index is 11.5. The van der Waals surface area contributed by atoms with Gasteiger partial charge in [-0.1, -0.05) is 0 Å². The monoisotopic (exact) mass is 238 g/mol. The van der Waals surface area contributed by atoms with E-state index in [4.69, 9.17) is 0 Å². The van der Waals surface area contributed by atoms with Crippen LogP contribution in [0.3, 0.4) is 0 Å².